The predicted molar refractivity (Wildman–Crippen MR) is 84.2 cm³/mol. The third-order valence-corrected chi connectivity index (χ3v) is 4.52. The van der Waals surface area contributed by atoms with Gasteiger partial charge in [-0.25, -0.2) is 13.1 Å². The summed E-state index contributed by atoms with van der Waals surface area (Å²) in [7, 11) is -3.41. The van der Waals surface area contributed by atoms with E-state index in [1.807, 2.05) is 13.8 Å². The molecule has 0 amide bonds. The molecule has 0 aliphatic carbocycles. The molecule has 1 N–H and O–H groups in total. The van der Waals surface area contributed by atoms with Crippen LogP contribution in [0.4, 0.5) is 0 Å². The zero-order chi connectivity index (χ0) is 16.2. The maximum Gasteiger partial charge on any atom is 0.219 e. The van der Waals surface area contributed by atoms with E-state index < -0.39 is 10.0 Å². The molecule has 2 aromatic rings. The molecule has 22 heavy (non-hydrogen) atoms. The van der Waals surface area contributed by atoms with E-state index in [1.165, 1.54) is 0 Å². The largest absolute Gasteiger partial charge is 0.425 e. The van der Waals surface area contributed by atoms with Crippen LogP contribution in [0.5, 0.6) is 0 Å². The third-order valence-electron chi connectivity index (χ3n) is 2.91. The Labute approximate surface area is 134 Å². The Balaban J connectivity index is 1.85. The van der Waals surface area contributed by atoms with Crippen LogP contribution in [-0.2, 0) is 22.2 Å². The molecule has 1 heterocycles. The number of rotatable bonds is 7. The fraction of sp³-hybridized carbons (Fsp3) is 0.429. The molecule has 0 aliphatic heterocycles. The molecule has 2 rings (SSSR count). The molecule has 6 nitrogen and oxygen atoms in total. The average Bonchev–Trinajstić information content (AvgIpc) is 2.90. The minimum atomic E-state index is -3.41. The smallest absolute Gasteiger partial charge is 0.219 e. The van der Waals surface area contributed by atoms with Crippen LogP contribution in [0.2, 0.25) is 5.02 Å². The molecule has 1 aromatic heterocycles. The van der Waals surface area contributed by atoms with Crippen molar-refractivity contribution in [2.75, 3.05) is 6.54 Å². The highest BCUT2D eigenvalue weighted by Crippen LogP contribution is 2.13. The van der Waals surface area contributed by atoms with E-state index in [2.05, 4.69) is 14.9 Å². The quantitative estimate of drug-likeness (QED) is 0.834. The topological polar surface area (TPSA) is 85.1 Å². The van der Waals surface area contributed by atoms with Crippen LogP contribution in [0, 0.1) is 0 Å². The van der Waals surface area contributed by atoms with Gasteiger partial charge in [-0.2, -0.15) is 0 Å². The van der Waals surface area contributed by atoms with E-state index in [4.69, 9.17) is 16.0 Å². The molecule has 0 atom stereocenters. The average molecular weight is 344 g/mol. The standard InChI is InChI=1S/C14H18ClN3O3S/c1-10(2)14-18-17-13(21-14)7-8-16-22(19,20)9-11-3-5-12(15)6-4-11/h3-6,10,16H,7-9H2,1-2H3. The van der Waals surface area contributed by atoms with Crippen molar-refractivity contribution in [1.82, 2.24) is 14.9 Å². The van der Waals surface area contributed by atoms with Crippen molar-refractivity contribution in [3.8, 4) is 0 Å². The normalized spacial score (nSPS) is 12.0. The van der Waals surface area contributed by atoms with E-state index >= 15 is 0 Å². The van der Waals surface area contributed by atoms with Gasteiger partial charge in [0, 0.05) is 23.9 Å². The van der Waals surface area contributed by atoms with Gasteiger partial charge in [0.2, 0.25) is 21.8 Å². The molecule has 0 saturated carbocycles. The van der Waals surface area contributed by atoms with E-state index in [0.29, 0.717) is 28.8 Å². The molecule has 0 radical (unpaired) electrons. The van der Waals surface area contributed by atoms with Crippen molar-refractivity contribution >= 4 is 21.6 Å². The molecular formula is C14H18ClN3O3S. The summed E-state index contributed by atoms with van der Waals surface area (Å²) in [5.41, 5.74) is 0.678. The third kappa shape index (κ3) is 5.08. The number of hydrogen-bond donors (Lipinski definition) is 1. The molecule has 8 heteroatoms. The summed E-state index contributed by atoms with van der Waals surface area (Å²) in [6.45, 7) is 4.12. The first kappa shape index (κ1) is 16.9. The lowest BCUT2D eigenvalue weighted by Gasteiger charge is -2.05. The maximum absolute atomic E-state index is 12.0. The van der Waals surface area contributed by atoms with Gasteiger partial charge in [-0.1, -0.05) is 37.6 Å². The first-order valence-corrected chi connectivity index (χ1v) is 8.93. The van der Waals surface area contributed by atoms with E-state index in [-0.39, 0.29) is 18.2 Å². The lowest BCUT2D eigenvalue weighted by Crippen LogP contribution is -2.27. The molecule has 1 aromatic carbocycles. The first-order valence-electron chi connectivity index (χ1n) is 6.90. The second kappa shape index (κ2) is 7.21. The van der Waals surface area contributed by atoms with Gasteiger partial charge < -0.3 is 4.42 Å². The Morgan fingerprint density at radius 3 is 2.50 bits per heavy atom. The summed E-state index contributed by atoms with van der Waals surface area (Å²) >= 11 is 5.77. The summed E-state index contributed by atoms with van der Waals surface area (Å²) in [5, 5.41) is 8.36. The molecule has 0 saturated heterocycles. The van der Waals surface area contributed by atoms with Gasteiger partial charge in [0.15, 0.2) is 0 Å². The van der Waals surface area contributed by atoms with Crippen LogP contribution in [0.25, 0.3) is 0 Å². The predicted octanol–water partition coefficient (Wildman–Crippen LogP) is 2.51. The highest BCUT2D eigenvalue weighted by atomic mass is 35.5. The van der Waals surface area contributed by atoms with Crippen molar-refractivity contribution in [3.05, 3.63) is 46.6 Å². The summed E-state index contributed by atoms with van der Waals surface area (Å²) < 4.78 is 31.9. The zero-order valence-corrected chi connectivity index (χ0v) is 14.0. The SMILES string of the molecule is CC(C)c1nnc(CCNS(=O)(=O)Cc2ccc(Cl)cc2)o1. The summed E-state index contributed by atoms with van der Waals surface area (Å²) in [6, 6.07) is 6.71. The fourth-order valence-corrected chi connectivity index (χ4v) is 3.04. The Morgan fingerprint density at radius 2 is 1.91 bits per heavy atom. The zero-order valence-electron chi connectivity index (χ0n) is 12.4. The van der Waals surface area contributed by atoms with Crippen molar-refractivity contribution < 1.29 is 12.8 Å². The van der Waals surface area contributed by atoms with E-state index in [9.17, 15) is 8.42 Å². The van der Waals surface area contributed by atoms with Crippen molar-refractivity contribution in [2.24, 2.45) is 0 Å². The van der Waals surface area contributed by atoms with Gasteiger partial charge in [-0.15, -0.1) is 10.2 Å². The van der Waals surface area contributed by atoms with Crippen LogP contribution < -0.4 is 4.72 Å². The summed E-state index contributed by atoms with van der Waals surface area (Å²) in [6.07, 6.45) is 0.361. The summed E-state index contributed by atoms with van der Waals surface area (Å²) in [5.74, 6) is 1.05. The number of nitrogens with zero attached hydrogens (tertiary/aromatic N) is 2. The van der Waals surface area contributed by atoms with Gasteiger partial charge in [0.25, 0.3) is 0 Å². The van der Waals surface area contributed by atoms with Crippen molar-refractivity contribution in [1.29, 1.82) is 0 Å². The maximum atomic E-state index is 12.0. The lowest BCUT2D eigenvalue weighted by molar-refractivity contribution is 0.431. The van der Waals surface area contributed by atoms with Gasteiger partial charge in [-0.3, -0.25) is 0 Å². The van der Waals surface area contributed by atoms with Gasteiger partial charge in [0.05, 0.1) is 5.75 Å². The Kier molecular flexibility index (Phi) is 5.55. The molecule has 0 bridgehead atoms. The number of nitrogens with one attached hydrogen (secondary N) is 1. The number of benzene rings is 1. The van der Waals surface area contributed by atoms with E-state index in [1.54, 1.807) is 24.3 Å². The van der Waals surface area contributed by atoms with Crippen LogP contribution >= 0.6 is 11.6 Å². The molecule has 0 unspecified atom stereocenters. The van der Waals surface area contributed by atoms with Crippen molar-refractivity contribution in [2.45, 2.75) is 31.9 Å². The molecular weight excluding hydrogens is 326 g/mol. The number of halogens is 1. The first-order chi connectivity index (χ1) is 10.4. The van der Waals surface area contributed by atoms with Gasteiger partial charge in [0.1, 0.15) is 0 Å². The Hall–Kier alpha value is -1.44. The molecule has 0 fully saturated rings. The highest BCUT2D eigenvalue weighted by Gasteiger charge is 2.13. The van der Waals surface area contributed by atoms with Crippen molar-refractivity contribution in [3.63, 3.8) is 0 Å². The van der Waals surface area contributed by atoms with E-state index in [0.717, 1.165) is 0 Å². The highest BCUT2D eigenvalue weighted by molar-refractivity contribution is 7.88. The Morgan fingerprint density at radius 1 is 1.23 bits per heavy atom. The summed E-state index contributed by atoms with van der Waals surface area (Å²) in [4.78, 5) is 0. The minimum absolute atomic E-state index is 0.0920. The molecule has 0 spiro atoms. The number of hydrogen-bond acceptors (Lipinski definition) is 5. The fourth-order valence-electron chi connectivity index (χ4n) is 1.77. The number of aromatic nitrogens is 2. The second-order valence-electron chi connectivity index (χ2n) is 5.22. The number of sulfonamides is 1. The van der Waals surface area contributed by atoms with Gasteiger partial charge >= 0.3 is 0 Å². The molecule has 120 valence electrons. The van der Waals surface area contributed by atoms with Crippen LogP contribution in [-0.4, -0.2) is 25.2 Å². The minimum Gasteiger partial charge on any atom is -0.425 e. The van der Waals surface area contributed by atoms with Crippen LogP contribution in [0.3, 0.4) is 0 Å². The lowest BCUT2D eigenvalue weighted by atomic mass is 10.2. The Bertz CT molecular complexity index is 711. The van der Waals surface area contributed by atoms with Crippen LogP contribution in [0.1, 0.15) is 37.1 Å². The monoisotopic (exact) mass is 343 g/mol. The van der Waals surface area contributed by atoms with Crippen LogP contribution in [0.15, 0.2) is 28.7 Å². The molecule has 0 aliphatic rings. The second-order valence-corrected chi connectivity index (χ2v) is 7.46. The van der Waals surface area contributed by atoms with Gasteiger partial charge in [-0.05, 0) is 17.7 Å².